The van der Waals surface area contributed by atoms with Crippen molar-refractivity contribution >= 4 is 0 Å². The molecule has 0 saturated carbocycles. The molecule has 0 radical (unpaired) electrons. The number of nitrogens with zero attached hydrogens (tertiary/aromatic N) is 2. The van der Waals surface area contributed by atoms with E-state index < -0.39 is 6.10 Å². The number of rotatable bonds is 6. The lowest BCUT2D eigenvalue weighted by Gasteiger charge is -2.15. The topological polar surface area (TPSA) is 47.3 Å². The summed E-state index contributed by atoms with van der Waals surface area (Å²) in [6.07, 6.45) is 4.15. The summed E-state index contributed by atoms with van der Waals surface area (Å²) in [7, 11) is 0. The van der Waals surface area contributed by atoms with Gasteiger partial charge in [0, 0.05) is 18.8 Å². The summed E-state index contributed by atoms with van der Waals surface area (Å²) in [5, 5.41) is 10.3. The van der Waals surface area contributed by atoms with Crippen LogP contribution in [0.5, 0.6) is 5.75 Å². The van der Waals surface area contributed by atoms with Gasteiger partial charge < -0.3 is 14.4 Å². The predicted molar refractivity (Wildman–Crippen MR) is 78.8 cm³/mol. The molecule has 1 heterocycles. The Balaban J connectivity index is 2.04. The van der Waals surface area contributed by atoms with Gasteiger partial charge in [0.05, 0.1) is 18.8 Å². The molecule has 1 aromatic carbocycles. The molecule has 1 N–H and O–H groups in total. The van der Waals surface area contributed by atoms with E-state index in [1.165, 1.54) is 0 Å². The van der Waals surface area contributed by atoms with Gasteiger partial charge >= 0.3 is 0 Å². The van der Waals surface area contributed by atoms with Crippen LogP contribution in [0.25, 0.3) is 0 Å². The van der Waals surface area contributed by atoms with Crippen molar-refractivity contribution in [3.05, 3.63) is 48.0 Å². The SMILES string of the molecule is CCc1nccn1CC(O)c1ccc(OC(C)C)cc1. The number of ether oxygens (including phenoxy) is 1. The van der Waals surface area contributed by atoms with E-state index in [4.69, 9.17) is 4.74 Å². The Morgan fingerprint density at radius 3 is 2.55 bits per heavy atom. The number of benzene rings is 1. The number of aromatic nitrogens is 2. The lowest BCUT2D eigenvalue weighted by atomic mass is 10.1. The second-order valence-corrected chi connectivity index (χ2v) is 5.10. The maximum Gasteiger partial charge on any atom is 0.119 e. The van der Waals surface area contributed by atoms with Gasteiger partial charge in [0.15, 0.2) is 0 Å². The van der Waals surface area contributed by atoms with Crippen LogP contribution in [0, 0.1) is 0 Å². The summed E-state index contributed by atoms with van der Waals surface area (Å²) in [6, 6.07) is 7.61. The van der Waals surface area contributed by atoms with Gasteiger partial charge in [-0.15, -0.1) is 0 Å². The molecule has 0 aliphatic heterocycles. The first-order chi connectivity index (χ1) is 9.60. The van der Waals surface area contributed by atoms with Crippen LogP contribution < -0.4 is 4.74 Å². The molecule has 1 atom stereocenters. The van der Waals surface area contributed by atoms with Crippen LogP contribution in [0.2, 0.25) is 0 Å². The number of imidazole rings is 1. The summed E-state index contributed by atoms with van der Waals surface area (Å²) in [5.41, 5.74) is 0.886. The van der Waals surface area contributed by atoms with E-state index in [1.54, 1.807) is 6.20 Å². The normalized spacial score (nSPS) is 12.7. The van der Waals surface area contributed by atoms with Crippen LogP contribution in [0.3, 0.4) is 0 Å². The minimum absolute atomic E-state index is 0.156. The molecule has 0 spiro atoms. The average molecular weight is 274 g/mol. The molecule has 20 heavy (non-hydrogen) atoms. The van der Waals surface area contributed by atoms with Crippen molar-refractivity contribution in [2.75, 3.05) is 0 Å². The van der Waals surface area contributed by atoms with E-state index in [0.29, 0.717) is 6.54 Å². The highest BCUT2D eigenvalue weighted by Crippen LogP contribution is 2.20. The molecule has 0 saturated heterocycles. The smallest absolute Gasteiger partial charge is 0.119 e. The van der Waals surface area contributed by atoms with E-state index in [1.807, 2.05) is 48.9 Å². The summed E-state index contributed by atoms with van der Waals surface area (Å²) in [4.78, 5) is 4.26. The number of hydrogen-bond acceptors (Lipinski definition) is 3. The molecule has 4 heteroatoms. The quantitative estimate of drug-likeness (QED) is 0.881. The number of aryl methyl sites for hydroxylation is 1. The summed E-state index contributed by atoms with van der Waals surface area (Å²) in [6.45, 7) is 6.57. The molecule has 2 aromatic rings. The fraction of sp³-hybridized carbons (Fsp3) is 0.438. The van der Waals surface area contributed by atoms with Crippen LogP contribution >= 0.6 is 0 Å². The first-order valence-electron chi connectivity index (χ1n) is 7.04. The Morgan fingerprint density at radius 1 is 1.25 bits per heavy atom. The lowest BCUT2D eigenvalue weighted by Crippen LogP contribution is -2.11. The minimum atomic E-state index is -0.539. The third kappa shape index (κ3) is 3.61. The third-order valence-corrected chi connectivity index (χ3v) is 3.12. The van der Waals surface area contributed by atoms with Crippen molar-refractivity contribution in [2.24, 2.45) is 0 Å². The maximum absolute atomic E-state index is 10.3. The van der Waals surface area contributed by atoms with Crippen molar-refractivity contribution in [1.82, 2.24) is 9.55 Å². The molecular formula is C16H22N2O2. The molecule has 0 fully saturated rings. The van der Waals surface area contributed by atoms with Gasteiger partial charge in [-0.1, -0.05) is 19.1 Å². The zero-order valence-corrected chi connectivity index (χ0v) is 12.3. The van der Waals surface area contributed by atoms with Crippen molar-refractivity contribution in [2.45, 2.75) is 45.9 Å². The number of aliphatic hydroxyl groups is 1. The van der Waals surface area contributed by atoms with Crippen LogP contribution in [0.1, 0.15) is 38.3 Å². The summed E-state index contributed by atoms with van der Waals surface area (Å²) >= 11 is 0. The minimum Gasteiger partial charge on any atom is -0.491 e. The summed E-state index contributed by atoms with van der Waals surface area (Å²) < 4.78 is 7.58. The third-order valence-electron chi connectivity index (χ3n) is 3.12. The Kier molecular flexibility index (Phi) is 4.79. The second kappa shape index (κ2) is 6.57. The monoisotopic (exact) mass is 274 g/mol. The van der Waals surface area contributed by atoms with Crippen LogP contribution in [-0.4, -0.2) is 20.8 Å². The first-order valence-corrected chi connectivity index (χ1v) is 7.04. The Morgan fingerprint density at radius 2 is 1.95 bits per heavy atom. The highest BCUT2D eigenvalue weighted by molar-refractivity contribution is 5.28. The molecule has 1 unspecified atom stereocenters. The van der Waals surface area contributed by atoms with Gasteiger partial charge in [0.2, 0.25) is 0 Å². The number of aliphatic hydroxyl groups excluding tert-OH is 1. The Bertz CT molecular complexity index is 532. The fourth-order valence-electron chi connectivity index (χ4n) is 2.15. The molecule has 2 rings (SSSR count). The Hall–Kier alpha value is -1.81. The van der Waals surface area contributed by atoms with Crippen molar-refractivity contribution in [3.8, 4) is 5.75 Å². The summed E-state index contributed by atoms with van der Waals surface area (Å²) in [5.74, 6) is 1.82. The first kappa shape index (κ1) is 14.6. The van der Waals surface area contributed by atoms with Gasteiger partial charge in [0.1, 0.15) is 11.6 Å². The van der Waals surface area contributed by atoms with E-state index in [2.05, 4.69) is 11.9 Å². The molecule has 1 aromatic heterocycles. The number of hydrogen-bond donors (Lipinski definition) is 1. The molecule has 0 aliphatic carbocycles. The van der Waals surface area contributed by atoms with E-state index in [0.717, 1.165) is 23.6 Å². The van der Waals surface area contributed by atoms with Gasteiger partial charge in [-0.25, -0.2) is 4.98 Å². The highest BCUT2D eigenvalue weighted by atomic mass is 16.5. The van der Waals surface area contributed by atoms with Gasteiger partial charge in [-0.05, 0) is 31.5 Å². The van der Waals surface area contributed by atoms with E-state index in [-0.39, 0.29) is 6.10 Å². The van der Waals surface area contributed by atoms with Gasteiger partial charge in [-0.2, -0.15) is 0 Å². The maximum atomic E-state index is 10.3. The van der Waals surface area contributed by atoms with E-state index >= 15 is 0 Å². The van der Waals surface area contributed by atoms with Gasteiger partial charge in [-0.3, -0.25) is 0 Å². The average Bonchev–Trinajstić information content (AvgIpc) is 2.86. The highest BCUT2D eigenvalue weighted by Gasteiger charge is 2.10. The van der Waals surface area contributed by atoms with Crippen molar-refractivity contribution < 1.29 is 9.84 Å². The van der Waals surface area contributed by atoms with Crippen LogP contribution in [0.15, 0.2) is 36.7 Å². The molecular weight excluding hydrogens is 252 g/mol. The van der Waals surface area contributed by atoms with Crippen LogP contribution in [0.4, 0.5) is 0 Å². The predicted octanol–water partition coefficient (Wildman–Crippen LogP) is 2.97. The zero-order chi connectivity index (χ0) is 14.5. The van der Waals surface area contributed by atoms with Crippen molar-refractivity contribution in [3.63, 3.8) is 0 Å². The lowest BCUT2D eigenvalue weighted by molar-refractivity contribution is 0.155. The van der Waals surface area contributed by atoms with Crippen molar-refractivity contribution in [1.29, 1.82) is 0 Å². The molecule has 4 nitrogen and oxygen atoms in total. The molecule has 0 bridgehead atoms. The largest absolute Gasteiger partial charge is 0.491 e. The molecule has 108 valence electrons. The fourth-order valence-corrected chi connectivity index (χ4v) is 2.15. The molecule has 0 aliphatic rings. The standard InChI is InChI=1S/C16H22N2O2/c1-4-16-17-9-10-18(16)11-15(19)13-5-7-14(8-6-13)20-12(2)3/h5-10,12,15,19H,4,11H2,1-3H3. The molecule has 0 amide bonds. The van der Waals surface area contributed by atoms with Gasteiger partial charge in [0.25, 0.3) is 0 Å². The Labute approximate surface area is 120 Å². The van der Waals surface area contributed by atoms with Crippen LogP contribution in [-0.2, 0) is 13.0 Å². The zero-order valence-electron chi connectivity index (χ0n) is 12.3. The second-order valence-electron chi connectivity index (χ2n) is 5.10. The van der Waals surface area contributed by atoms with E-state index in [9.17, 15) is 5.11 Å².